The molecule has 0 aromatic heterocycles. The van der Waals surface area contributed by atoms with Crippen molar-refractivity contribution in [2.24, 2.45) is 0 Å². The van der Waals surface area contributed by atoms with E-state index >= 15 is 0 Å². The van der Waals surface area contributed by atoms with E-state index in [4.69, 9.17) is 10.2 Å². The van der Waals surface area contributed by atoms with E-state index in [9.17, 15) is 38.8 Å². The minimum Gasteiger partial charge on any atom is -0.789 e. The van der Waals surface area contributed by atoms with E-state index in [2.05, 4.69) is 13.6 Å². The molecule has 0 amide bonds. The first kappa shape index (κ1) is 31.3. The standard InChI is InChI=1S/C6H12O13P2.3Na/c7-1-2(8)4(17-5(10)3(1)9)6(11)18-21(15,16)19-20(12,13)14;;;/h1-5,7-10H,(H,15,16)(H2,12,13,14);;;/q;3*+1/p-3/t1-,2-,3+,4-,5+;;;/m0.../s1. The summed E-state index contributed by atoms with van der Waals surface area (Å²) in [5.41, 5.74) is 0. The van der Waals surface area contributed by atoms with Gasteiger partial charge in [0.25, 0.3) is 0 Å². The minimum absolute atomic E-state index is 0. The number of hydrogen-bond acceptors (Lipinski definition) is 13. The van der Waals surface area contributed by atoms with Gasteiger partial charge < -0.3 is 48.9 Å². The number of ether oxygens (including phenoxy) is 1. The van der Waals surface area contributed by atoms with Crippen molar-refractivity contribution < 1.29 is 151 Å². The van der Waals surface area contributed by atoms with Gasteiger partial charge >= 0.3 is 102 Å². The van der Waals surface area contributed by atoms with Gasteiger partial charge in [-0.05, 0) is 0 Å². The molecular weight excluding hydrogens is 411 g/mol. The average molecular weight is 420 g/mol. The number of hydrogen-bond donors (Lipinski definition) is 4. The van der Waals surface area contributed by atoms with Gasteiger partial charge in [0.1, 0.15) is 18.3 Å². The van der Waals surface area contributed by atoms with Crippen LogP contribution in [0.25, 0.3) is 0 Å². The minimum atomic E-state index is -6.03. The Kier molecular flexibility index (Phi) is 15.9. The second-order valence-corrected chi connectivity index (χ2v) is 6.43. The molecule has 1 aliphatic heterocycles. The van der Waals surface area contributed by atoms with E-state index in [0.717, 1.165) is 0 Å². The van der Waals surface area contributed by atoms with E-state index in [1.165, 1.54) is 0 Å². The predicted molar refractivity (Wildman–Crippen MR) is 51.3 cm³/mol. The Morgan fingerprint density at radius 3 is 1.79 bits per heavy atom. The second-order valence-electron chi connectivity index (χ2n) is 3.81. The summed E-state index contributed by atoms with van der Waals surface area (Å²) in [4.78, 5) is 42.5. The van der Waals surface area contributed by atoms with Crippen LogP contribution in [0.5, 0.6) is 0 Å². The van der Waals surface area contributed by atoms with Crippen molar-refractivity contribution in [1.29, 1.82) is 0 Å². The first-order valence-electron chi connectivity index (χ1n) is 5.00. The summed E-state index contributed by atoms with van der Waals surface area (Å²) in [5, 5.41) is 36.8. The third-order valence-corrected chi connectivity index (χ3v) is 4.23. The molecule has 1 heterocycles. The summed E-state index contributed by atoms with van der Waals surface area (Å²) in [6.07, 6.45) is -10.8. The van der Waals surface area contributed by atoms with E-state index in [0.29, 0.717) is 0 Å². The Hall–Kier alpha value is 2.57. The Labute approximate surface area is 201 Å². The Bertz CT molecular complexity index is 498. The van der Waals surface area contributed by atoms with Crippen LogP contribution in [0.1, 0.15) is 0 Å². The maximum Gasteiger partial charge on any atom is 1.00 e. The maximum absolute atomic E-state index is 11.4. The Balaban J connectivity index is -0.00000147. The zero-order valence-electron chi connectivity index (χ0n) is 12.7. The van der Waals surface area contributed by atoms with Gasteiger partial charge in [0.05, 0.1) is 7.82 Å². The molecule has 0 aromatic rings. The van der Waals surface area contributed by atoms with Crippen LogP contribution >= 0.6 is 15.6 Å². The summed E-state index contributed by atoms with van der Waals surface area (Å²) < 4.78 is 31.8. The molecule has 1 aliphatic rings. The number of aliphatic hydroxyl groups is 4. The van der Waals surface area contributed by atoms with Crippen LogP contribution in [-0.2, 0) is 27.5 Å². The molecule has 1 fully saturated rings. The van der Waals surface area contributed by atoms with Crippen molar-refractivity contribution >= 4 is 21.6 Å². The molecule has 4 N–H and O–H groups in total. The largest absolute Gasteiger partial charge is 1.00 e. The molecule has 0 spiro atoms. The fraction of sp³-hybridized carbons (Fsp3) is 0.833. The summed E-state index contributed by atoms with van der Waals surface area (Å²) in [6, 6.07) is 0. The summed E-state index contributed by atoms with van der Waals surface area (Å²) in [5.74, 6) is -1.99. The van der Waals surface area contributed by atoms with Gasteiger partial charge in [-0.3, -0.25) is 8.88 Å². The van der Waals surface area contributed by atoms with Crippen LogP contribution in [0.15, 0.2) is 0 Å². The molecule has 24 heavy (non-hydrogen) atoms. The second kappa shape index (κ2) is 12.2. The third kappa shape index (κ3) is 9.67. The molecule has 18 heteroatoms. The van der Waals surface area contributed by atoms with Crippen LogP contribution in [0, 0.1) is 0 Å². The number of phosphoric acid groups is 2. The van der Waals surface area contributed by atoms with Crippen molar-refractivity contribution in [3.63, 3.8) is 0 Å². The van der Waals surface area contributed by atoms with Gasteiger partial charge in [-0.15, -0.1) is 0 Å². The fourth-order valence-electron chi connectivity index (χ4n) is 1.36. The topological polar surface area (TPSA) is 229 Å². The number of carbonyl (C=O) groups is 1. The van der Waals surface area contributed by atoms with Crippen LogP contribution in [0.4, 0.5) is 0 Å². The summed E-state index contributed by atoms with van der Waals surface area (Å²) in [7, 11) is -12.0. The van der Waals surface area contributed by atoms with Crippen molar-refractivity contribution in [2.75, 3.05) is 0 Å². The zero-order chi connectivity index (χ0) is 16.6. The predicted octanol–water partition coefficient (Wildman–Crippen LogP) is -14.3. The smallest absolute Gasteiger partial charge is 0.789 e. The van der Waals surface area contributed by atoms with Gasteiger partial charge in [-0.25, -0.2) is 4.79 Å². The first-order valence-corrected chi connectivity index (χ1v) is 7.92. The fourth-order valence-corrected chi connectivity index (χ4v) is 2.79. The molecule has 0 radical (unpaired) electrons. The van der Waals surface area contributed by atoms with Gasteiger partial charge in [-0.1, -0.05) is 0 Å². The maximum atomic E-state index is 11.4. The normalized spacial score (nSPS) is 32.2. The van der Waals surface area contributed by atoms with E-state index < -0.39 is 52.3 Å². The van der Waals surface area contributed by atoms with Crippen LogP contribution in [0.2, 0.25) is 0 Å². The van der Waals surface area contributed by atoms with E-state index in [-0.39, 0.29) is 88.7 Å². The number of carbonyl (C=O) groups excluding carboxylic acids is 1. The third-order valence-electron chi connectivity index (χ3n) is 2.22. The monoisotopic (exact) mass is 420 g/mol. The zero-order valence-corrected chi connectivity index (χ0v) is 20.5. The SMILES string of the molecule is O=C(OP(=O)([O-])OP(=O)([O-])[O-])[C@H]1O[C@@H](O)[C@H](O)[C@@H](O)[C@@H]1O.[Na+].[Na+].[Na+]. The van der Waals surface area contributed by atoms with Crippen LogP contribution in [-0.4, -0.2) is 57.1 Å². The molecule has 0 aliphatic carbocycles. The molecule has 0 aromatic carbocycles. The molecule has 1 rings (SSSR count). The molecule has 13 nitrogen and oxygen atoms in total. The van der Waals surface area contributed by atoms with Crippen LogP contribution < -0.4 is 103 Å². The molecule has 1 saturated heterocycles. The first-order chi connectivity index (χ1) is 9.34. The van der Waals surface area contributed by atoms with Crippen molar-refractivity contribution in [2.45, 2.75) is 30.7 Å². The molecular formula is C6H9Na3O13P2. The van der Waals surface area contributed by atoms with Crippen LogP contribution in [0.3, 0.4) is 0 Å². The molecule has 1 unspecified atom stereocenters. The van der Waals surface area contributed by atoms with E-state index in [1.807, 2.05) is 0 Å². The molecule has 6 atom stereocenters. The van der Waals surface area contributed by atoms with Gasteiger partial charge in [0.15, 0.2) is 12.4 Å². The molecule has 124 valence electrons. The number of rotatable bonds is 4. The van der Waals surface area contributed by atoms with Gasteiger partial charge in [0, 0.05) is 0 Å². The van der Waals surface area contributed by atoms with Crippen molar-refractivity contribution in [3.05, 3.63) is 0 Å². The Morgan fingerprint density at radius 2 is 1.38 bits per heavy atom. The van der Waals surface area contributed by atoms with E-state index in [1.54, 1.807) is 0 Å². The number of phosphoric ester groups is 1. The molecule has 0 saturated carbocycles. The summed E-state index contributed by atoms with van der Waals surface area (Å²) >= 11 is 0. The van der Waals surface area contributed by atoms with Crippen molar-refractivity contribution in [1.82, 2.24) is 0 Å². The molecule has 0 bridgehead atoms. The Morgan fingerprint density at radius 1 is 0.917 bits per heavy atom. The average Bonchev–Trinajstić information content (AvgIpc) is 2.27. The van der Waals surface area contributed by atoms with Gasteiger partial charge in [0.2, 0.25) is 0 Å². The van der Waals surface area contributed by atoms with Crippen molar-refractivity contribution in [3.8, 4) is 0 Å². The number of aliphatic hydroxyl groups excluding tert-OH is 4. The van der Waals surface area contributed by atoms with Gasteiger partial charge in [-0.2, -0.15) is 0 Å². The summed E-state index contributed by atoms with van der Waals surface area (Å²) in [6.45, 7) is 0. The quantitative estimate of drug-likeness (QED) is 0.245.